The van der Waals surface area contributed by atoms with E-state index in [1.54, 1.807) is 24.3 Å². The second-order valence-electron chi connectivity index (χ2n) is 6.13. The standard InChI is InChI=1S/C19H19F2N3O3/c20-12-3-8-16(17(21)10-12)18(25)23-13-4-6-14(7-5-13)24-19(26)22-11-15-2-1-9-27-15/h3-8,10,15H,1-2,9,11H2,(H,23,25)(H2,22,24,26). The Morgan fingerprint density at radius 2 is 1.74 bits per heavy atom. The third-order valence-corrected chi connectivity index (χ3v) is 4.09. The first-order valence-corrected chi connectivity index (χ1v) is 8.54. The van der Waals surface area contributed by atoms with Crippen LogP contribution in [0, 0.1) is 11.6 Å². The van der Waals surface area contributed by atoms with E-state index in [9.17, 15) is 18.4 Å². The zero-order valence-electron chi connectivity index (χ0n) is 14.4. The number of hydrogen-bond acceptors (Lipinski definition) is 3. The van der Waals surface area contributed by atoms with Gasteiger partial charge >= 0.3 is 6.03 Å². The molecule has 1 atom stereocenters. The smallest absolute Gasteiger partial charge is 0.319 e. The monoisotopic (exact) mass is 375 g/mol. The summed E-state index contributed by atoms with van der Waals surface area (Å²) >= 11 is 0. The van der Waals surface area contributed by atoms with E-state index in [0.29, 0.717) is 24.0 Å². The van der Waals surface area contributed by atoms with Gasteiger partial charge < -0.3 is 20.7 Å². The summed E-state index contributed by atoms with van der Waals surface area (Å²) in [6, 6.07) is 8.72. The lowest BCUT2D eigenvalue weighted by Crippen LogP contribution is -2.35. The summed E-state index contributed by atoms with van der Waals surface area (Å²) in [5.41, 5.74) is 0.687. The highest BCUT2D eigenvalue weighted by molar-refractivity contribution is 6.04. The van der Waals surface area contributed by atoms with E-state index in [0.717, 1.165) is 31.6 Å². The lowest BCUT2D eigenvalue weighted by molar-refractivity contribution is 0.102. The van der Waals surface area contributed by atoms with Crippen LogP contribution in [0.4, 0.5) is 25.0 Å². The molecule has 0 radical (unpaired) electrons. The van der Waals surface area contributed by atoms with Gasteiger partial charge in [-0.25, -0.2) is 13.6 Å². The van der Waals surface area contributed by atoms with Gasteiger partial charge in [-0.05, 0) is 49.2 Å². The predicted molar refractivity (Wildman–Crippen MR) is 96.7 cm³/mol. The Balaban J connectivity index is 1.52. The summed E-state index contributed by atoms with van der Waals surface area (Å²) in [6.07, 6.45) is 1.99. The molecule has 1 aliphatic rings. The number of anilines is 2. The Bertz CT molecular complexity index is 821. The average molecular weight is 375 g/mol. The SMILES string of the molecule is O=C(NCC1CCCO1)Nc1ccc(NC(=O)c2ccc(F)cc2F)cc1. The highest BCUT2D eigenvalue weighted by atomic mass is 19.1. The van der Waals surface area contributed by atoms with Crippen LogP contribution in [0.5, 0.6) is 0 Å². The number of urea groups is 1. The molecule has 27 heavy (non-hydrogen) atoms. The predicted octanol–water partition coefficient (Wildman–Crippen LogP) is 3.52. The second kappa shape index (κ2) is 8.59. The van der Waals surface area contributed by atoms with Gasteiger partial charge in [-0.1, -0.05) is 0 Å². The molecule has 3 rings (SSSR count). The molecule has 1 aliphatic heterocycles. The van der Waals surface area contributed by atoms with Crippen molar-refractivity contribution in [2.45, 2.75) is 18.9 Å². The average Bonchev–Trinajstić information content (AvgIpc) is 3.15. The summed E-state index contributed by atoms with van der Waals surface area (Å²) < 4.78 is 32.0. The van der Waals surface area contributed by atoms with Crippen molar-refractivity contribution in [2.75, 3.05) is 23.8 Å². The lowest BCUT2D eigenvalue weighted by atomic mass is 10.2. The number of halogens is 2. The minimum atomic E-state index is -0.936. The molecule has 1 heterocycles. The Morgan fingerprint density at radius 1 is 1.04 bits per heavy atom. The van der Waals surface area contributed by atoms with Crippen molar-refractivity contribution < 1.29 is 23.1 Å². The van der Waals surface area contributed by atoms with E-state index in [2.05, 4.69) is 16.0 Å². The maximum Gasteiger partial charge on any atom is 0.319 e. The number of carbonyl (C=O) groups excluding carboxylic acids is 2. The highest BCUT2D eigenvalue weighted by Gasteiger charge is 2.16. The Labute approximate surface area is 154 Å². The maximum atomic E-state index is 13.6. The molecule has 3 N–H and O–H groups in total. The van der Waals surface area contributed by atoms with Crippen molar-refractivity contribution in [1.29, 1.82) is 0 Å². The van der Waals surface area contributed by atoms with Crippen molar-refractivity contribution in [3.8, 4) is 0 Å². The molecule has 0 bridgehead atoms. The summed E-state index contributed by atoms with van der Waals surface area (Å²) in [4.78, 5) is 23.9. The zero-order chi connectivity index (χ0) is 19.2. The number of hydrogen-bond donors (Lipinski definition) is 3. The van der Waals surface area contributed by atoms with Crippen LogP contribution >= 0.6 is 0 Å². The van der Waals surface area contributed by atoms with Gasteiger partial charge in [0.05, 0.1) is 11.7 Å². The Morgan fingerprint density at radius 3 is 2.37 bits per heavy atom. The third kappa shape index (κ3) is 5.24. The van der Waals surface area contributed by atoms with Crippen molar-refractivity contribution in [3.05, 3.63) is 59.7 Å². The summed E-state index contributed by atoms with van der Waals surface area (Å²) in [7, 11) is 0. The quantitative estimate of drug-likeness (QED) is 0.748. The van der Waals surface area contributed by atoms with Gasteiger partial charge in [0, 0.05) is 30.6 Å². The molecular formula is C19H19F2N3O3. The molecule has 0 saturated carbocycles. The minimum Gasteiger partial charge on any atom is -0.376 e. The molecule has 142 valence electrons. The molecule has 1 saturated heterocycles. The van der Waals surface area contributed by atoms with Gasteiger partial charge in [0.2, 0.25) is 0 Å². The zero-order valence-corrected chi connectivity index (χ0v) is 14.4. The van der Waals surface area contributed by atoms with Crippen LogP contribution in [0.15, 0.2) is 42.5 Å². The number of carbonyl (C=O) groups is 2. The van der Waals surface area contributed by atoms with Crippen molar-refractivity contribution in [2.24, 2.45) is 0 Å². The van der Waals surface area contributed by atoms with E-state index in [4.69, 9.17) is 4.74 Å². The van der Waals surface area contributed by atoms with Crippen LogP contribution in [0.25, 0.3) is 0 Å². The molecular weight excluding hydrogens is 356 g/mol. The minimum absolute atomic E-state index is 0.0557. The van der Waals surface area contributed by atoms with Gasteiger partial charge in [0.15, 0.2) is 0 Å². The van der Waals surface area contributed by atoms with E-state index in [1.165, 1.54) is 0 Å². The molecule has 1 fully saturated rings. The van der Waals surface area contributed by atoms with Crippen LogP contribution < -0.4 is 16.0 Å². The van der Waals surface area contributed by atoms with Crippen molar-refractivity contribution in [1.82, 2.24) is 5.32 Å². The second-order valence-corrected chi connectivity index (χ2v) is 6.13. The van der Waals surface area contributed by atoms with Gasteiger partial charge in [0.1, 0.15) is 11.6 Å². The number of ether oxygens (including phenoxy) is 1. The molecule has 0 aliphatic carbocycles. The van der Waals surface area contributed by atoms with Gasteiger partial charge in [-0.15, -0.1) is 0 Å². The summed E-state index contributed by atoms with van der Waals surface area (Å²) in [5, 5.41) is 7.92. The van der Waals surface area contributed by atoms with Gasteiger partial charge in [-0.2, -0.15) is 0 Å². The van der Waals surface area contributed by atoms with Crippen LogP contribution in [-0.4, -0.2) is 31.2 Å². The maximum absolute atomic E-state index is 13.6. The largest absolute Gasteiger partial charge is 0.376 e. The molecule has 6 nitrogen and oxygen atoms in total. The fourth-order valence-corrected chi connectivity index (χ4v) is 2.70. The van der Waals surface area contributed by atoms with E-state index in [1.807, 2.05) is 0 Å². The van der Waals surface area contributed by atoms with Crippen LogP contribution in [0.2, 0.25) is 0 Å². The fraction of sp³-hybridized carbons (Fsp3) is 0.263. The molecule has 2 aromatic rings. The number of nitrogens with one attached hydrogen (secondary N) is 3. The van der Waals surface area contributed by atoms with E-state index in [-0.39, 0.29) is 17.7 Å². The molecule has 0 aromatic heterocycles. The Kier molecular flexibility index (Phi) is 5.97. The van der Waals surface area contributed by atoms with Crippen LogP contribution in [0.3, 0.4) is 0 Å². The Hall–Kier alpha value is -3.00. The van der Waals surface area contributed by atoms with Crippen LogP contribution in [0.1, 0.15) is 23.2 Å². The highest BCUT2D eigenvalue weighted by Crippen LogP contribution is 2.16. The molecule has 0 spiro atoms. The summed E-state index contributed by atoms with van der Waals surface area (Å²) in [6.45, 7) is 1.17. The summed E-state index contributed by atoms with van der Waals surface area (Å²) in [5.74, 6) is -2.38. The molecule has 8 heteroatoms. The number of benzene rings is 2. The topological polar surface area (TPSA) is 79.5 Å². The van der Waals surface area contributed by atoms with Gasteiger partial charge in [-0.3, -0.25) is 4.79 Å². The van der Waals surface area contributed by atoms with Crippen LogP contribution in [-0.2, 0) is 4.74 Å². The number of amides is 3. The van der Waals surface area contributed by atoms with Gasteiger partial charge in [0.25, 0.3) is 5.91 Å². The van der Waals surface area contributed by atoms with E-state index < -0.39 is 17.5 Å². The molecule has 1 unspecified atom stereocenters. The number of rotatable bonds is 5. The third-order valence-electron chi connectivity index (χ3n) is 4.09. The molecule has 2 aromatic carbocycles. The fourth-order valence-electron chi connectivity index (χ4n) is 2.70. The van der Waals surface area contributed by atoms with Crippen molar-refractivity contribution >= 4 is 23.3 Å². The lowest BCUT2D eigenvalue weighted by Gasteiger charge is -2.12. The first-order chi connectivity index (χ1) is 13.0. The first-order valence-electron chi connectivity index (χ1n) is 8.54. The van der Waals surface area contributed by atoms with E-state index >= 15 is 0 Å². The van der Waals surface area contributed by atoms with Crippen molar-refractivity contribution in [3.63, 3.8) is 0 Å². The normalized spacial score (nSPS) is 16.0. The first kappa shape index (κ1) is 18.8. The molecule has 3 amide bonds.